The van der Waals surface area contributed by atoms with Crippen molar-refractivity contribution < 1.29 is 19.0 Å². The Labute approximate surface area is 137 Å². The number of likely N-dealkylation sites (N-methyl/N-ethyl adjacent to an activating group) is 2. The highest BCUT2D eigenvalue weighted by atomic mass is 16.5. The average molecular weight is 322 g/mol. The number of hydrogen-bond donors (Lipinski definition) is 0. The molecule has 1 fully saturated rings. The lowest BCUT2D eigenvalue weighted by molar-refractivity contribution is -0.134. The van der Waals surface area contributed by atoms with E-state index in [1.165, 1.54) is 0 Å². The van der Waals surface area contributed by atoms with E-state index in [-0.39, 0.29) is 18.1 Å². The second kappa shape index (κ2) is 7.66. The van der Waals surface area contributed by atoms with Gasteiger partial charge in [0.05, 0.1) is 26.4 Å². The Morgan fingerprint density at radius 3 is 2.30 bits per heavy atom. The predicted octanol–water partition coefficient (Wildman–Crippen LogP) is 1.38. The number of carbonyl (C=O) groups is 1. The quantitative estimate of drug-likeness (QED) is 0.792. The van der Waals surface area contributed by atoms with Crippen LogP contribution in [0.2, 0.25) is 0 Å². The number of ether oxygens (including phenoxy) is 3. The lowest BCUT2D eigenvalue weighted by Gasteiger charge is -2.25. The van der Waals surface area contributed by atoms with Gasteiger partial charge >= 0.3 is 0 Å². The number of benzene rings is 1. The second-order valence-electron chi connectivity index (χ2n) is 5.96. The van der Waals surface area contributed by atoms with Gasteiger partial charge in [-0.05, 0) is 31.2 Å². The van der Waals surface area contributed by atoms with Crippen molar-refractivity contribution in [2.24, 2.45) is 0 Å². The summed E-state index contributed by atoms with van der Waals surface area (Å²) < 4.78 is 15.9. The summed E-state index contributed by atoms with van der Waals surface area (Å²) in [5, 5.41) is 0. The molecule has 1 heterocycles. The molecule has 2 rings (SSSR count). The Morgan fingerprint density at radius 2 is 1.83 bits per heavy atom. The van der Waals surface area contributed by atoms with Crippen LogP contribution in [-0.2, 0) is 16.1 Å². The molecular weight excluding hydrogens is 296 g/mol. The smallest absolute Gasteiger partial charge is 0.240 e. The van der Waals surface area contributed by atoms with Gasteiger partial charge in [0.25, 0.3) is 0 Å². The number of rotatable bonds is 6. The van der Waals surface area contributed by atoms with Crippen molar-refractivity contribution in [2.45, 2.75) is 25.1 Å². The van der Waals surface area contributed by atoms with Crippen LogP contribution in [0.5, 0.6) is 11.5 Å². The number of hydrogen-bond acceptors (Lipinski definition) is 5. The minimum Gasteiger partial charge on any atom is -0.497 e. The summed E-state index contributed by atoms with van der Waals surface area (Å²) >= 11 is 0. The van der Waals surface area contributed by atoms with Crippen LogP contribution in [0.1, 0.15) is 12.0 Å². The number of methoxy groups -OCH3 is 3. The Balaban J connectivity index is 2.06. The van der Waals surface area contributed by atoms with Crippen LogP contribution in [0.15, 0.2) is 18.2 Å². The van der Waals surface area contributed by atoms with Crippen molar-refractivity contribution in [3.8, 4) is 11.5 Å². The van der Waals surface area contributed by atoms with Gasteiger partial charge in [0, 0.05) is 33.3 Å². The van der Waals surface area contributed by atoms with E-state index in [0.717, 1.165) is 30.0 Å². The molecule has 1 aromatic carbocycles. The Hall–Kier alpha value is -1.79. The van der Waals surface area contributed by atoms with Gasteiger partial charge in [-0.25, -0.2) is 0 Å². The summed E-state index contributed by atoms with van der Waals surface area (Å²) in [5.41, 5.74) is 0.973. The van der Waals surface area contributed by atoms with Gasteiger partial charge < -0.3 is 19.1 Å². The molecule has 0 spiro atoms. The van der Waals surface area contributed by atoms with Gasteiger partial charge in [0.15, 0.2) is 0 Å². The van der Waals surface area contributed by atoms with Gasteiger partial charge in [-0.1, -0.05) is 0 Å². The second-order valence-corrected chi connectivity index (χ2v) is 5.96. The third-order valence-corrected chi connectivity index (χ3v) is 4.34. The third kappa shape index (κ3) is 4.14. The standard InChI is InChI=1S/C17H26N2O4/c1-18-11-15(23-5)9-16(18)17(20)19(2)10-12-6-13(21-3)8-14(7-12)22-4/h6-8,15-16H,9-11H2,1-5H3/t15-,16-/m0/s1. The largest absolute Gasteiger partial charge is 0.497 e. The molecule has 0 saturated carbocycles. The van der Waals surface area contributed by atoms with Crippen LogP contribution in [-0.4, -0.2) is 69.8 Å². The molecule has 0 bridgehead atoms. The highest BCUT2D eigenvalue weighted by molar-refractivity contribution is 5.82. The first-order valence-corrected chi connectivity index (χ1v) is 7.68. The highest BCUT2D eigenvalue weighted by Crippen LogP contribution is 2.24. The molecule has 2 atom stereocenters. The van der Waals surface area contributed by atoms with E-state index < -0.39 is 0 Å². The van der Waals surface area contributed by atoms with Crippen molar-refractivity contribution in [1.82, 2.24) is 9.80 Å². The fourth-order valence-corrected chi connectivity index (χ4v) is 2.98. The monoisotopic (exact) mass is 322 g/mol. The van der Waals surface area contributed by atoms with E-state index in [0.29, 0.717) is 6.54 Å². The molecular formula is C17H26N2O4. The molecule has 1 aromatic rings. The van der Waals surface area contributed by atoms with Crippen LogP contribution >= 0.6 is 0 Å². The maximum Gasteiger partial charge on any atom is 0.240 e. The zero-order chi connectivity index (χ0) is 17.0. The van der Waals surface area contributed by atoms with Crippen LogP contribution in [0.25, 0.3) is 0 Å². The lowest BCUT2D eigenvalue weighted by atomic mass is 10.1. The Kier molecular flexibility index (Phi) is 5.85. The van der Waals surface area contributed by atoms with E-state index in [4.69, 9.17) is 14.2 Å². The van der Waals surface area contributed by atoms with Crippen LogP contribution in [0.3, 0.4) is 0 Å². The normalized spacial score (nSPS) is 21.3. The molecule has 1 amide bonds. The molecule has 0 aromatic heterocycles. The first-order valence-electron chi connectivity index (χ1n) is 7.68. The zero-order valence-corrected chi connectivity index (χ0v) is 14.5. The van der Waals surface area contributed by atoms with Gasteiger partial charge in [-0.3, -0.25) is 9.69 Å². The van der Waals surface area contributed by atoms with Crippen LogP contribution in [0, 0.1) is 0 Å². The fourth-order valence-electron chi connectivity index (χ4n) is 2.98. The summed E-state index contributed by atoms with van der Waals surface area (Å²) in [6, 6.07) is 5.53. The van der Waals surface area contributed by atoms with E-state index in [9.17, 15) is 4.79 Å². The summed E-state index contributed by atoms with van der Waals surface area (Å²) in [6.07, 6.45) is 0.858. The van der Waals surface area contributed by atoms with E-state index in [2.05, 4.69) is 4.90 Å². The summed E-state index contributed by atoms with van der Waals surface area (Å²) in [4.78, 5) is 16.5. The van der Waals surface area contributed by atoms with Crippen molar-refractivity contribution in [2.75, 3.05) is 42.0 Å². The maximum absolute atomic E-state index is 12.7. The molecule has 0 radical (unpaired) electrons. The van der Waals surface area contributed by atoms with Gasteiger partial charge in [0.2, 0.25) is 5.91 Å². The first-order chi connectivity index (χ1) is 11.0. The van der Waals surface area contributed by atoms with Gasteiger partial charge in [-0.2, -0.15) is 0 Å². The number of carbonyl (C=O) groups excluding carboxylic acids is 1. The fraction of sp³-hybridized carbons (Fsp3) is 0.588. The topological polar surface area (TPSA) is 51.2 Å². The van der Waals surface area contributed by atoms with Crippen molar-refractivity contribution in [3.05, 3.63) is 23.8 Å². The number of nitrogens with zero attached hydrogens (tertiary/aromatic N) is 2. The molecule has 23 heavy (non-hydrogen) atoms. The van der Waals surface area contributed by atoms with E-state index in [1.807, 2.05) is 32.3 Å². The minimum absolute atomic E-state index is 0.105. The average Bonchev–Trinajstić information content (AvgIpc) is 2.94. The lowest BCUT2D eigenvalue weighted by Crippen LogP contribution is -2.42. The minimum atomic E-state index is -0.127. The molecule has 1 aliphatic rings. The molecule has 6 nitrogen and oxygen atoms in total. The molecule has 128 valence electrons. The van der Waals surface area contributed by atoms with Gasteiger partial charge in [0.1, 0.15) is 11.5 Å². The zero-order valence-electron chi connectivity index (χ0n) is 14.5. The SMILES string of the molecule is COc1cc(CN(C)C(=O)[C@@H]2C[C@H](OC)CN2C)cc(OC)c1. The maximum atomic E-state index is 12.7. The Bertz CT molecular complexity index is 527. The molecule has 1 aliphatic heterocycles. The van der Waals surface area contributed by atoms with Crippen LogP contribution in [0.4, 0.5) is 0 Å². The Morgan fingerprint density at radius 1 is 1.22 bits per heavy atom. The number of amides is 1. The van der Waals surface area contributed by atoms with Crippen molar-refractivity contribution in [3.63, 3.8) is 0 Å². The molecule has 0 N–H and O–H groups in total. The summed E-state index contributed by atoms with van der Waals surface area (Å²) in [7, 11) is 8.71. The van der Waals surface area contributed by atoms with E-state index in [1.54, 1.807) is 26.2 Å². The van der Waals surface area contributed by atoms with Gasteiger partial charge in [-0.15, -0.1) is 0 Å². The van der Waals surface area contributed by atoms with Crippen molar-refractivity contribution >= 4 is 5.91 Å². The third-order valence-electron chi connectivity index (χ3n) is 4.34. The predicted molar refractivity (Wildman–Crippen MR) is 87.9 cm³/mol. The molecule has 1 saturated heterocycles. The molecule has 6 heteroatoms. The first kappa shape index (κ1) is 17.6. The summed E-state index contributed by atoms with van der Waals surface area (Å²) in [5.74, 6) is 1.55. The van der Waals surface area contributed by atoms with Crippen molar-refractivity contribution in [1.29, 1.82) is 0 Å². The number of likely N-dealkylation sites (tertiary alicyclic amines) is 1. The molecule has 0 aliphatic carbocycles. The highest BCUT2D eigenvalue weighted by Gasteiger charge is 2.35. The summed E-state index contributed by atoms with van der Waals surface area (Å²) in [6.45, 7) is 1.29. The molecule has 0 unspecified atom stereocenters. The van der Waals surface area contributed by atoms with Crippen LogP contribution < -0.4 is 9.47 Å². The van der Waals surface area contributed by atoms with E-state index >= 15 is 0 Å².